The molecule has 4 rings (SSSR count). The summed E-state index contributed by atoms with van der Waals surface area (Å²) in [7, 11) is 0. The molecule has 0 aromatic carbocycles. The average Bonchev–Trinajstić information content (AvgIpc) is 2.90. The van der Waals surface area contributed by atoms with E-state index in [1.165, 1.54) is 6.42 Å². The highest BCUT2D eigenvalue weighted by Crippen LogP contribution is 2.47. The van der Waals surface area contributed by atoms with Crippen LogP contribution in [-0.4, -0.2) is 41.6 Å². The Bertz CT molecular complexity index is 1140. The van der Waals surface area contributed by atoms with Gasteiger partial charge in [-0.1, -0.05) is 98.8 Å². The van der Waals surface area contributed by atoms with Crippen LogP contribution in [0.15, 0.2) is 42.5 Å². The van der Waals surface area contributed by atoms with Crippen LogP contribution in [0.5, 0.6) is 0 Å². The number of aromatic nitrogens is 1. The van der Waals surface area contributed by atoms with E-state index in [2.05, 4.69) is 80.2 Å². The number of hydrogen-bond donors (Lipinski definition) is 2. The largest absolute Gasteiger partial charge is 0.388 e. The molecule has 2 aliphatic heterocycles. The Morgan fingerprint density at radius 2 is 1.85 bits per heavy atom. The van der Waals surface area contributed by atoms with Crippen molar-refractivity contribution in [1.82, 2.24) is 4.98 Å². The maximum atomic E-state index is 11.7. The number of ether oxygens (including phenoxy) is 2. The van der Waals surface area contributed by atoms with Crippen molar-refractivity contribution < 1.29 is 19.7 Å². The van der Waals surface area contributed by atoms with Gasteiger partial charge in [-0.3, -0.25) is 4.98 Å². The Morgan fingerprint density at radius 3 is 2.37 bits per heavy atom. The number of hydrogen-bond acceptors (Lipinski definition) is 5. The quantitative estimate of drug-likeness (QED) is 0.295. The lowest BCUT2D eigenvalue weighted by atomic mass is 9.71. The van der Waals surface area contributed by atoms with E-state index in [1.807, 2.05) is 12.2 Å². The summed E-state index contributed by atoms with van der Waals surface area (Å²) in [6, 6.07) is 0. The molecule has 3 heterocycles. The normalized spacial score (nSPS) is 22.5. The first-order chi connectivity index (χ1) is 19.3. The van der Waals surface area contributed by atoms with E-state index in [-0.39, 0.29) is 16.7 Å². The summed E-state index contributed by atoms with van der Waals surface area (Å²) in [5, 5.41) is 23.0. The fourth-order valence-corrected chi connectivity index (χ4v) is 5.81. The summed E-state index contributed by atoms with van der Waals surface area (Å²) < 4.78 is 11.1. The first kappa shape index (κ1) is 33.5. The third kappa shape index (κ3) is 8.28. The number of pyridine rings is 1. The molecule has 5 nitrogen and oxygen atoms in total. The van der Waals surface area contributed by atoms with E-state index in [0.29, 0.717) is 39.3 Å². The van der Waals surface area contributed by atoms with E-state index in [9.17, 15) is 10.2 Å². The molecule has 3 aliphatic rings. The molecular formula is C36H55NO4. The SMILES string of the molecule is C=C/C=C(\C=C/CC(O)c1c(C(C)C)nc2c(c1C1=CCOCC1)C(O)CC(C)(C)C2)C1(C)COC1.CCC(C)C. The van der Waals surface area contributed by atoms with Crippen molar-refractivity contribution in [1.29, 1.82) is 0 Å². The van der Waals surface area contributed by atoms with Gasteiger partial charge in [-0.25, -0.2) is 0 Å². The van der Waals surface area contributed by atoms with Gasteiger partial charge in [0.2, 0.25) is 0 Å². The maximum absolute atomic E-state index is 11.7. The van der Waals surface area contributed by atoms with Crippen LogP contribution >= 0.6 is 0 Å². The van der Waals surface area contributed by atoms with Gasteiger partial charge in [-0.2, -0.15) is 0 Å². The van der Waals surface area contributed by atoms with Gasteiger partial charge >= 0.3 is 0 Å². The molecule has 0 radical (unpaired) electrons. The van der Waals surface area contributed by atoms with Gasteiger partial charge in [0.05, 0.1) is 38.6 Å². The third-order valence-corrected chi connectivity index (χ3v) is 8.58. The molecule has 1 aromatic rings. The van der Waals surface area contributed by atoms with Crippen LogP contribution in [-0.2, 0) is 15.9 Å². The van der Waals surface area contributed by atoms with Crippen molar-refractivity contribution in [2.45, 2.75) is 106 Å². The molecule has 1 aliphatic carbocycles. The Hall–Kier alpha value is -2.05. The number of allylic oxidation sites excluding steroid dienone is 3. The minimum Gasteiger partial charge on any atom is -0.388 e. The number of fused-ring (bicyclic) bond motifs is 1. The molecular weight excluding hydrogens is 510 g/mol. The zero-order chi connectivity index (χ0) is 30.4. The van der Waals surface area contributed by atoms with Crippen LogP contribution in [0.25, 0.3) is 5.57 Å². The predicted molar refractivity (Wildman–Crippen MR) is 170 cm³/mol. The Kier molecular flexibility index (Phi) is 11.8. The van der Waals surface area contributed by atoms with E-state index >= 15 is 0 Å². The summed E-state index contributed by atoms with van der Waals surface area (Å²) >= 11 is 0. The van der Waals surface area contributed by atoms with Crippen molar-refractivity contribution >= 4 is 5.57 Å². The molecule has 2 N–H and O–H groups in total. The number of rotatable bonds is 9. The summed E-state index contributed by atoms with van der Waals surface area (Å²) in [5.74, 6) is 1.03. The van der Waals surface area contributed by atoms with Gasteiger partial charge in [0.25, 0.3) is 0 Å². The molecule has 2 atom stereocenters. The highest BCUT2D eigenvalue weighted by Gasteiger charge is 2.38. The molecule has 1 fully saturated rings. The second-order valence-electron chi connectivity index (χ2n) is 13.8. The topological polar surface area (TPSA) is 71.8 Å². The van der Waals surface area contributed by atoms with E-state index in [0.717, 1.165) is 58.0 Å². The standard InChI is InChI=1S/C31H43NO4.C5H12/c1-7-9-22(31(6)18-36-19-31)10-8-11-24(33)28-26(21-12-14-35-15-13-21)27-23(32-29(28)20(2)3)16-30(4,5)17-25(27)34;1-4-5(2)3/h7-10,12,20,24-25,33-34H,1,11,13-19H2,2-6H3;5H,4H2,1-3H3/b10-8-,22-9+;. The zero-order valence-electron chi connectivity index (χ0n) is 26.9. The van der Waals surface area contributed by atoms with Crippen LogP contribution in [0.2, 0.25) is 0 Å². The fourth-order valence-electron chi connectivity index (χ4n) is 5.81. The number of nitrogens with zero attached hydrogens (tertiary/aromatic N) is 1. The van der Waals surface area contributed by atoms with Crippen molar-refractivity contribution in [2.75, 3.05) is 26.4 Å². The van der Waals surface area contributed by atoms with Crippen molar-refractivity contribution in [3.8, 4) is 0 Å². The number of aliphatic hydroxyl groups excluding tert-OH is 2. The zero-order valence-corrected chi connectivity index (χ0v) is 26.9. The molecule has 228 valence electrons. The lowest BCUT2D eigenvalue weighted by molar-refractivity contribution is -0.0758. The van der Waals surface area contributed by atoms with Crippen LogP contribution in [0.4, 0.5) is 0 Å². The predicted octanol–water partition coefficient (Wildman–Crippen LogP) is 8.20. The molecule has 0 spiro atoms. The first-order valence-corrected chi connectivity index (χ1v) is 15.6. The van der Waals surface area contributed by atoms with Gasteiger partial charge in [0, 0.05) is 27.9 Å². The Labute approximate surface area is 249 Å². The van der Waals surface area contributed by atoms with Gasteiger partial charge in [0.15, 0.2) is 0 Å². The Morgan fingerprint density at radius 1 is 1.17 bits per heavy atom. The van der Waals surface area contributed by atoms with Crippen LogP contribution in [0.1, 0.15) is 127 Å². The highest BCUT2D eigenvalue weighted by atomic mass is 16.5. The molecule has 41 heavy (non-hydrogen) atoms. The number of aliphatic hydroxyl groups is 2. The highest BCUT2D eigenvalue weighted by molar-refractivity contribution is 5.74. The van der Waals surface area contributed by atoms with Crippen LogP contribution in [0.3, 0.4) is 0 Å². The van der Waals surface area contributed by atoms with Crippen molar-refractivity contribution in [3.63, 3.8) is 0 Å². The van der Waals surface area contributed by atoms with Gasteiger partial charge < -0.3 is 19.7 Å². The lowest BCUT2D eigenvalue weighted by Gasteiger charge is -2.39. The molecule has 0 bridgehead atoms. The molecule has 1 aromatic heterocycles. The summed E-state index contributed by atoms with van der Waals surface area (Å²) in [6.07, 6.45) is 12.8. The molecule has 2 unspecified atom stereocenters. The molecule has 5 heteroatoms. The van der Waals surface area contributed by atoms with E-state index in [4.69, 9.17) is 14.5 Å². The van der Waals surface area contributed by atoms with Gasteiger partial charge in [0.1, 0.15) is 0 Å². The maximum Gasteiger partial charge on any atom is 0.0848 e. The van der Waals surface area contributed by atoms with Crippen molar-refractivity contribution in [3.05, 3.63) is 70.6 Å². The van der Waals surface area contributed by atoms with Gasteiger partial charge in [-0.15, -0.1) is 0 Å². The summed E-state index contributed by atoms with van der Waals surface area (Å²) in [6.45, 7) is 23.9. The van der Waals surface area contributed by atoms with Crippen LogP contribution in [0, 0.1) is 16.7 Å². The molecule has 0 saturated carbocycles. The second-order valence-corrected chi connectivity index (χ2v) is 13.8. The van der Waals surface area contributed by atoms with Crippen LogP contribution < -0.4 is 0 Å². The summed E-state index contributed by atoms with van der Waals surface area (Å²) in [4.78, 5) is 5.13. The lowest BCUT2D eigenvalue weighted by Crippen LogP contribution is -2.40. The Balaban J connectivity index is 0.000000850. The van der Waals surface area contributed by atoms with E-state index in [1.54, 1.807) is 0 Å². The summed E-state index contributed by atoms with van der Waals surface area (Å²) in [5.41, 5.74) is 6.99. The molecule has 0 amide bonds. The average molecular weight is 566 g/mol. The minimum atomic E-state index is -0.729. The fraction of sp³-hybridized carbons (Fsp3) is 0.639. The third-order valence-electron chi connectivity index (χ3n) is 8.58. The smallest absolute Gasteiger partial charge is 0.0848 e. The van der Waals surface area contributed by atoms with E-state index < -0.39 is 12.2 Å². The monoisotopic (exact) mass is 565 g/mol. The second kappa shape index (κ2) is 14.4. The van der Waals surface area contributed by atoms with Gasteiger partial charge in [-0.05, 0) is 59.6 Å². The molecule has 1 saturated heterocycles. The first-order valence-electron chi connectivity index (χ1n) is 15.6. The van der Waals surface area contributed by atoms with Crippen molar-refractivity contribution in [2.24, 2.45) is 16.7 Å². The minimum absolute atomic E-state index is 0.0128.